The number of nitrogens with zero attached hydrogens (tertiary/aromatic N) is 1. The number of carbonyl (C=O) groups is 1. The second-order valence-electron chi connectivity index (χ2n) is 5.26. The molecule has 2 aliphatic rings. The highest BCUT2D eigenvalue weighted by Gasteiger charge is 2.32. The van der Waals surface area contributed by atoms with Gasteiger partial charge in [-0.25, -0.2) is 0 Å². The molecule has 3 rings (SSSR count). The first-order valence-electron chi connectivity index (χ1n) is 6.55. The van der Waals surface area contributed by atoms with Gasteiger partial charge in [0.05, 0.1) is 25.2 Å². The number of benzene rings is 1. The molecule has 1 amide bonds. The predicted octanol–water partition coefficient (Wildman–Crippen LogP) is 1.29. The molecular formula is C14H17ClN2O2. The van der Waals surface area contributed by atoms with Gasteiger partial charge in [0.25, 0.3) is 0 Å². The van der Waals surface area contributed by atoms with Crippen molar-refractivity contribution in [2.45, 2.75) is 12.6 Å². The van der Waals surface area contributed by atoms with Crippen LogP contribution in [0.15, 0.2) is 24.3 Å². The van der Waals surface area contributed by atoms with Crippen LogP contribution in [-0.2, 0) is 16.1 Å². The van der Waals surface area contributed by atoms with Crippen molar-refractivity contribution in [1.29, 1.82) is 0 Å². The van der Waals surface area contributed by atoms with Gasteiger partial charge in [-0.15, -0.1) is 0 Å². The van der Waals surface area contributed by atoms with Gasteiger partial charge in [0.2, 0.25) is 5.91 Å². The molecule has 19 heavy (non-hydrogen) atoms. The van der Waals surface area contributed by atoms with Gasteiger partial charge in [-0.05, 0) is 17.7 Å². The number of nitrogens with one attached hydrogen (secondary N) is 1. The highest BCUT2D eigenvalue weighted by Crippen LogP contribution is 2.18. The SMILES string of the molecule is O=C1N[C@@H]2COC[C@H]1CN(Cc1cccc(Cl)c1)C2. The van der Waals surface area contributed by atoms with Crippen LogP contribution in [0.25, 0.3) is 0 Å². The van der Waals surface area contributed by atoms with Crippen molar-refractivity contribution in [3.05, 3.63) is 34.9 Å². The highest BCUT2D eigenvalue weighted by atomic mass is 35.5. The molecule has 1 aromatic carbocycles. The summed E-state index contributed by atoms with van der Waals surface area (Å²) in [6.45, 7) is 3.52. The summed E-state index contributed by atoms with van der Waals surface area (Å²) >= 11 is 6.01. The Balaban J connectivity index is 1.73. The van der Waals surface area contributed by atoms with Crippen molar-refractivity contribution >= 4 is 17.5 Å². The van der Waals surface area contributed by atoms with Crippen molar-refractivity contribution in [3.8, 4) is 0 Å². The molecule has 2 heterocycles. The molecule has 1 N–H and O–H groups in total. The highest BCUT2D eigenvalue weighted by molar-refractivity contribution is 6.30. The number of ether oxygens (including phenoxy) is 1. The van der Waals surface area contributed by atoms with Crippen LogP contribution in [-0.4, -0.2) is 43.2 Å². The molecule has 102 valence electrons. The summed E-state index contributed by atoms with van der Waals surface area (Å²) < 4.78 is 5.52. The van der Waals surface area contributed by atoms with E-state index in [4.69, 9.17) is 16.3 Å². The Hall–Kier alpha value is -1.10. The first-order valence-corrected chi connectivity index (χ1v) is 6.93. The average molecular weight is 281 g/mol. The van der Waals surface area contributed by atoms with E-state index < -0.39 is 0 Å². The van der Waals surface area contributed by atoms with E-state index in [-0.39, 0.29) is 17.9 Å². The Bertz CT molecular complexity index is 480. The summed E-state index contributed by atoms with van der Waals surface area (Å²) in [5.74, 6) is 0.0581. The Labute approximate surface area is 117 Å². The number of halogens is 1. The van der Waals surface area contributed by atoms with E-state index in [2.05, 4.69) is 16.3 Å². The van der Waals surface area contributed by atoms with E-state index in [1.807, 2.05) is 18.2 Å². The van der Waals surface area contributed by atoms with E-state index in [0.29, 0.717) is 13.2 Å². The van der Waals surface area contributed by atoms with Crippen molar-refractivity contribution in [2.75, 3.05) is 26.3 Å². The minimum absolute atomic E-state index is 0.0633. The number of fused-ring (bicyclic) bond motifs is 3. The fourth-order valence-corrected chi connectivity index (χ4v) is 2.96. The van der Waals surface area contributed by atoms with E-state index in [9.17, 15) is 4.79 Å². The fourth-order valence-electron chi connectivity index (χ4n) is 2.74. The summed E-state index contributed by atoms with van der Waals surface area (Å²) in [5.41, 5.74) is 1.18. The zero-order valence-electron chi connectivity index (χ0n) is 10.6. The molecule has 0 spiro atoms. The third-order valence-electron chi connectivity index (χ3n) is 3.61. The second-order valence-corrected chi connectivity index (χ2v) is 5.70. The maximum Gasteiger partial charge on any atom is 0.227 e. The van der Waals surface area contributed by atoms with Crippen LogP contribution in [0.3, 0.4) is 0 Å². The van der Waals surface area contributed by atoms with Crippen molar-refractivity contribution in [3.63, 3.8) is 0 Å². The van der Waals surface area contributed by atoms with Crippen LogP contribution < -0.4 is 5.32 Å². The molecule has 5 heteroatoms. The van der Waals surface area contributed by atoms with Crippen LogP contribution in [0.2, 0.25) is 5.02 Å². The number of amides is 1. The van der Waals surface area contributed by atoms with Gasteiger partial charge < -0.3 is 10.1 Å². The van der Waals surface area contributed by atoms with Gasteiger partial charge in [-0.1, -0.05) is 23.7 Å². The van der Waals surface area contributed by atoms with Crippen LogP contribution in [0.1, 0.15) is 5.56 Å². The Kier molecular flexibility index (Phi) is 3.73. The third kappa shape index (κ3) is 3.08. The number of hydrogen-bond acceptors (Lipinski definition) is 3. The monoisotopic (exact) mass is 280 g/mol. The quantitative estimate of drug-likeness (QED) is 0.888. The van der Waals surface area contributed by atoms with Gasteiger partial charge >= 0.3 is 0 Å². The molecule has 2 saturated heterocycles. The van der Waals surface area contributed by atoms with E-state index in [1.54, 1.807) is 0 Å². The first-order chi connectivity index (χ1) is 9.20. The van der Waals surface area contributed by atoms with Crippen LogP contribution in [0.5, 0.6) is 0 Å². The van der Waals surface area contributed by atoms with E-state index in [1.165, 1.54) is 5.56 Å². The topological polar surface area (TPSA) is 41.6 Å². The first kappa shape index (κ1) is 12.9. The molecule has 0 unspecified atom stereocenters. The van der Waals surface area contributed by atoms with Crippen LogP contribution in [0, 0.1) is 5.92 Å². The molecule has 1 aromatic rings. The van der Waals surface area contributed by atoms with Gasteiger partial charge in [0, 0.05) is 24.7 Å². The maximum absolute atomic E-state index is 11.9. The van der Waals surface area contributed by atoms with Crippen molar-refractivity contribution < 1.29 is 9.53 Å². The summed E-state index contributed by atoms with van der Waals surface area (Å²) in [4.78, 5) is 14.2. The summed E-state index contributed by atoms with van der Waals surface area (Å²) in [6, 6.07) is 7.98. The normalized spacial score (nSPS) is 27.7. The molecule has 2 bridgehead atoms. The fraction of sp³-hybridized carbons (Fsp3) is 0.500. The average Bonchev–Trinajstić information content (AvgIpc) is 2.58. The molecule has 0 radical (unpaired) electrons. The van der Waals surface area contributed by atoms with Gasteiger partial charge in [-0.2, -0.15) is 0 Å². The second kappa shape index (κ2) is 5.49. The number of rotatable bonds is 2. The summed E-state index contributed by atoms with van der Waals surface area (Å²) in [5, 5.41) is 3.79. The van der Waals surface area contributed by atoms with Crippen LogP contribution in [0.4, 0.5) is 0 Å². The molecule has 2 aliphatic heterocycles. The van der Waals surface area contributed by atoms with Crippen LogP contribution >= 0.6 is 11.6 Å². The minimum atomic E-state index is -0.0633. The van der Waals surface area contributed by atoms with Gasteiger partial charge in [0.15, 0.2) is 0 Å². The number of carbonyl (C=O) groups excluding carboxylic acids is 1. The lowest BCUT2D eigenvalue weighted by atomic mass is 10.1. The van der Waals surface area contributed by atoms with E-state index in [0.717, 1.165) is 24.7 Å². The molecule has 0 aliphatic carbocycles. The molecular weight excluding hydrogens is 264 g/mol. The molecule has 2 fully saturated rings. The maximum atomic E-state index is 11.9. The minimum Gasteiger partial charge on any atom is -0.378 e. The smallest absolute Gasteiger partial charge is 0.227 e. The molecule has 0 aromatic heterocycles. The summed E-state index contributed by atoms with van der Waals surface area (Å²) in [7, 11) is 0. The largest absolute Gasteiger partial charge is 0.378 e. The molecule has 2 atom stereocenters. The molecule has 0 saturated carbocycles. The summed E-state index contributed by atoms with van der Waals surface area (Å²) in [6.07, 6.45) is 0. The zero-order chi connectivity index (χ0) is 13.2. The van der Waals surface area contributed by atoms with Gasteiger partial charge in [0.1, 0.15) is 0 Å². The Morgan fingerprint density at radius 1 is 1.37 bits per heavy atom. The lowest BCUT2D eigenvalue weighted by molar-refractivity contribution is -0.125. The van der Waals surface area contributed by atoms with Crippen molar-refractivity contribution in [2.24, 2.45) is 5.92 Å². The Morgan fingerprint density at radius 2 is 2.26 bits per heavy atom. The van der Waals surface area contributed by atoms with E-state index >= 15 is 0 Å². The lowest BCUT2D eigenvalue weighted by Crippen LogP contribution is -2.41. The zero-order valence-corrected chi connectivity index (χ0v) is 11.4. The standard InChI is InChI=1S/C14H17ClN2O2/c15-12-3-1-2-10(4-12)5-17-6-11-8-19-9-13(7-17)16-14(11)18/h1-4,11,13H,5-9H2,(H,16,18)/t11-,13+/m1/s1. The third-order valence-corrected chi connectivity index (χ3v) is 3.84. The Morgan fingerprint density at radius 3 is 3.11 bits per heavy atom. The molecule has 4 nitrogen and oxygen atoms in total. The van der Waals surface area contributed by atoms with Crippen molar-refractivity contribution in [1.82, 2.24) is 10.2 Å². The number of hydrogen-bond donors (Lipinski definition) is 1. The predicted molar refractivity (Wildman–Crippen MR) is 73.0 cm³/mol. The lowest BCUT2D eigenvalue weighted by Gasteiger charge is -2.27. The van der Waals surface area contributed by atoms with Gasteiger partial charge in [-0.3, -0.25) is 9.69 Å².